The highest BCUT2D eigenvalue weighted by atomic mass is 16.5. The largest absolute Gasteiger partial charge is 0.489 e. The molecule has 0 atom stereocenters. The van der Waals surface area contributed by atoms with E-state index in [1.54, 1.807) is 0 Å². The number of rotatable bonds is 5. The molecule has 0 amide bonds. The van der Waals surface area contributed by atoms with Crippen LogP contribution in [0.4, 0.5) is 17.1 Å². The minimum Gasteiger partial charge on any atom is -0.489 e. The van der Waals surface area contributed by atoms with Crippen molar-refractivity contribution < 1.29 is 4.74 Å². The Balaban J connectivity index is 2.32. The average molecular weight is 284 g/mol. The first kappa shape index (κ1) is 15.2. The fraction of sp³-hybridized carbons (Fsp3) is 0.333. The van der Waals surface area contributed by atoms with Crippen molar-refractivity contribution in [2.45, 2.75) is 39.7 Å². The van der Waals surface area contributed by atoms with Crippen LogP contribution in [0.2, 0.25) is 0 Å². The topological polar surface area (TPSA) is 47.3 Å². The number of nitrogen functional groups attached to an aromatic ring is 1. The highest BCUT2D eigenvalue weighted by Crippen LogP contribution is 2.34. The summed E-state index contributed by atoms with van der Waals surface area (Å²) in [6.07, 6.45) is 0.102. The summed E-state index contributed by atoms with van der Waals surface area (Å²) in [7, 11) is 0. The van der Waals surface area contributed by atoms with Gasteiger partial charge in [-0.2, -0.15) is 0 Å². The Morgan fingerprint density at radius 3 is 2.24 bits per heavy atom. The van der Waals surface area contributed by atoms with Gasteiger partial charge in [-0.25, -0.2) is 0 Å². The molecule has 0 radical (unpaired) electrons. The Kier molecular flexibility index (Phi) is 4.73. The third-order valence-electron chi connectivity index (χ3n) is 3.28. The fourth-order valence-electron chi connectivity index (χ4n) is 2.27. The molecular formula is C18H24N2O. The van der Waals surface area contributed by atoms with Crippen molar-refractivity contribution in [3.8, 4) is 5.75 Å². The van der Waals surface area contributed by atoms with Crippen LogP contribution in [0.25, 0.3) is 0 Å². The van der Waals surface area contributed by atoms with E-state index >= 15 is 0 Å². The van der Waals surface area contributed by atoms with Gasteiger partial charge in [-0.05, 0) is 43.5 Å². The molecule has 2 aromatic carbocycles. The molecule has 0 spiro atoms. The van der Waals surface area contributed by atoms with Crippen LogP contribution in [0.1, 0.15) is 39.2 Å². The van der Waals surface area contributed by atoms with E-state index in [4.69, 9.17) is 10.5 Å². The van der Waals surface area contributed by atoms with Crippen molar-refractivity contribution >= 4 is 17.1 Å². The summed E-state index contributed by atoms with van der Waals surface area (Å²) in [5.41, 5.74) is 10.1. The van der Waals surface area contributed by atoms with Crippen molar-refractivity contribution in [3.05, 3.63) is 48.0 Å². The number of para-hydroxylation sites is 2. The molecular weight excluding hydrogens is 260 g/mol. The summed E-state index contributed by atoms with van der Waals surface area (Å²) in [6.45, 7) is 8.35. The van der Waals surface area contributed by atoms with Gasteiger partial charge in [0.2, 0.25) is 0 Å². The lowest BCUT2D eigenvalue weighted by Gasteiger charge is -2.18. The summed E-state index contributed by atoms with van der Waals surface area (Å²) in [4.78, 5) is 0. The van der Waals surface area contributed by atoms with E-state index in [0.717, 1.165) is 17.1 Å². The van der Waals surface area contributed by atoms with Crippen molar-refractivity contribution in [2.75, 3.05) is 11.1 Å². The van der Waals surface area contributed by atoms with Crippen molar-refractivity contribution in [3.63, 3.8) is 0 Å². The Bertz CT molecular complexity index is 606. The quantitative estimate of drug-likeness (QED) is 0.766. The predicted molar refractivity (Wildman–Crippen MR) is 90.4 cm³/mol. The zero-order valence-electron chi connectivity index (χ0n) is 13.2. The number of nitrogens with one attached hydrogen (secondary N) is 1. The first-order valence-corrected chi connectivity index (χ1v) is 7.40. The number of anilines is 3. The molecule has 0 aliphatic carbocycles. The minimum atomic E-state index is 0.102. The molecule has 0 bridgehead atoms. The Morgan fingerprint density at radius 2 is 1.57 bits per heavy atom. The second-order valence-corrected chi connectivity index (χ2v) is 5.75. The minimum absolute atomic E-state index is 0.102. The summed E-state index contributed by atoms with van der Waals surface area (Å²) in [6, 6.07) is 14.1. The van der Waals surface area contributed by atoms with Crippen LogP contribution < -0.4 is 15.8 Å². The molecule has 0 unspecified atom stereocenters. The highest BCUT2D eigenvalue weighted by Gasteiger charge is 2.10. The maximum absolute atomic E-state index is 6.22. The highest BCUT2D eigenvalue weighted by molar-refractivity contribution is 5.78. The number of ether oxygens (including phenoxy) is 1. The number of benzene rings is 2. The normalized spacial score (nSPS) is 11.0. The Morgan fingerprint density at radius 1 is 0.905 bits per heavy atom. The lowest BCUT2D eigenvalue weighted by molar-refractivity contribution is 0.244. The standard InChI is InChI=1S/C18H24N2O/c1-12(2)14-8-5-6-9-15(14)20-16-10-7-11-17(18(16)19)21-13(3)4/h5-13,20H,19H2,1-4H3. The molecule has 2 rings (SSSR count). The molecule has 3 nitrogen and oxygen atoms in total. The third-order valence-corrected chi connectivity index (χ3v) is 3.28. The van der Waals surface area contributed by atoms with Gasteiger partial charge in [0.1, 0.15) is 5.75 Å². The molecule has 0 saturated carbocycles. The first-order chi connectivity index (χ1) is 9.99. The number of nitrogens with two attached hydrogens (primary N) is 1. The van der Waals surface area contributed by atoms with Gasteiger partial charge in [0.15, 0.2) is 0 Å². The van der Waals surface area contributed by atoms with Crippen LogP contribution in [0.5, 0.6) is 5.75 Å². The molecule has 0 fully saturated rings. The molecule has 112 valence electrons. The van der Waals surface area contributed by atoms with Gasteiger partial charge in [0.25, 0.3) is 0 Å². The van der Waals surface area contributed by atoms with Crippen LogP contribution in [0.15, 0.2) is 42.5 Å². The van der Waals surface area contributed by atoms with E-state index in [-0.39, 0.29) is 6.10 Å². The molecule has 0 aromatic heterocycles. The van der Waals surface area contributed by atoms with Gasteiger partial charge < -0.3 is 15.8 Å². The van der Waals surface area contributed by atoms with Gasteiger partial charge in [-0.3, -0.25) is 0 Å². The summed E-state index contributed by atoms with van der Waals surface area (Å²) >= 11 is 0. The number of hydrogen-bond acceptors (Lipinski definition) is 3. The Labute approximate surface area is 127 Å². The average Bonchev–Trinajstić information content (AvgIpc) is 2.43. The van der Waals surface area contributed by atoms with Gasteiger partial charge >= 0.3 is 0 Å². The first-order valence-electron chi connectivity index (χ1n) is 7.40. The molecule has 3 N–H and O–H groups in total. The van der Waals surface area contributed by atoms with E-state index in [2.05, 4.69) is 37.4 Å². The zero-order valence-corrected chi connectivity index (χ0v) is 13.2. The molecule has 0 aliphatic heterocycles. The van der Waals surface area contributed by atoms with Gasteiger partial charge in [-0.15, -0.1) is 0 Å². The van der Waals surface area contributed by atoms with E-state index in [1.165, 1.54) is 5.56 Å². The van der Waals surface area contributed by atoms with Crippen LogP contribution in [-0.2, 0) is 0 Å². The fourth-order valence-corrected chi connectivity index (χ4v) is 2.27. The molecule has 21 heavy (non-hydrogen) atoms. The van der Waals surface area contributed by atoms with Crippen LogP contribution in [0, 0.1) is 0 Å². The molecule has 0 aliphatic rings. The lowest BCUT2D eigenvalue weighted by Crippen LogP contribution is -2.08. The summed E-state index contributed by atoms with van der Waals surface area (Å²) in [5.74, 6) is 1.17. The zero-order chi connectivity index (χ0) is 15.4. The third kappa shape index (κ3) is 3.69. The molecule has 0 saturated heterocycles. The van der Waals surface area contributed by atoms with Crippen molar-refractivity contribution in [1.82, 2.24) is 0 Å². The second kappa shape index (κ2) is 6.53. The number of hydrogen-bond donors (Lipinski definition) is 2. The maximum Gasteiger partial charge on any atom is 0.144 e. The van der Waals surface area contributed by atoms with Crippen LogP contribution in [-0.4, -0.2) is 6.10 Å². The monoisotopic (exact) mass is 284 g/mol. The molecule has 3 heteroatoms. The van der Waals surface area contributed by atoms with Gasteiger partial charge in [0.05, 0.1) is 17.5 Å². The Hall–Kier alpha value is -2.16. The van der Waals surface area contributed by atoms with Crippen LogP contribution >= 0.6 is 0 Å². The van der Waals surface area contributed by atoms with E-state index < -0.39 is 0 Å². The maximum atomic E-state index is 6.22. The smallest absolute Gasteiger partial charge is 0.144 e. The van der Waals surface area contributed by atoms with Gasteiger partial charge in [0, 0.05) is 5.69 Å². The summed E-state index contributed by atoms with van der Waals surface area (Å²) < 4.78 is 5.74. The molecule has 2 aromatic rings. The predicted octanol–water partition coefficient (Wildman–Crippen LogP) is 4.92. The molecule has 0 heterocycles. The lowest BCUT2D eigenvalue weighted by atomic mass is 10.0. The van der Waals surface area contributed by atoms with E-state index in [9.17, 15) is 0 Å². The second-order valence-electron chi connectivity index (χ2n) is 5.75. The SMILES string of the molecule is CC(C)Oc1cccc(Nc2ccccc2C(C)C)c1N. The van der Waals surface area contributed by atoms with Gasteiger partial charge in [-0.1, -0.05) is 38.1 Å². The van der Waals surface area contributed by atoms with Crippen molar-refractivity contribution in [1.29, 1.82) is 0 Å². The van der Waals surface area contributed by atoms with E-state index in [0.29, 0.717) is 11.6 Å². The van der Waals surface area contributed by atoms with Crippen molar-refractivity contribution in [2.24, 2.45) is 0 Å². The van der Waals surface area contributed by atoms with E-state index in [1.807, 2.05) is 38.1 Å². The summed E-state index contributed by atoms with van der Waals surface area (Å²) in [5, 5.41) is 3.43. The van der Waals surface area contributed by atoms with Crippen LogP contribution in [0.3, 0.4) is 0 Å².